The summed E-state index contributed by atoms with van der Waals surface area (Å²) in [4.78, 5) is 48.8. The van der Waals surface area contributed by atoms with Crippen LogP contribution in [0.5, 0.6) is 0 Å². The zero-order chi connectivity index (χ0) is 35.1. The van der Waals surface area contributed by atoms with Crippen LogP contribution in [0.4, 0.5) is 13.6 Å². The number of carbonyl (C=O) groups excluding carboxylic acids is 1. The second-order valence-corrected chi connectivity index (χ2v) is 13.7. The highest BCUT2D eigenvalue weighted by atomic mass is 19.1. The van der Waals surface area contributed by atoms with E-state index in [9.17, 15) is 23.2 Å². The summed E-state index contributed by atoms with van der Waals surface area (Å²) in [5.41, 5.74) is 7.39. The number of halogens is 2. The lowest BCUT2D eigenvalue weighted by molar-refractivity contribution is 0.0478. The molecule has 3 N–H and O–H groups in total. The Bertz CT molecular complexity index is 1860. The van der Waals surface area contributed by atoms with Crippen molar-refractivity contribution in [3.05, 3.63) is 81.1 Å². The second kappa shape index (κ2) is 16.0. The van der Waals surface area contributed by atoms with Gasteiger partial charge in [-0.25, -0.2) is 13.6 Å². The van der Waals surface area contributed by atoms with Crippen LogP contribution in [0.2, 0.25) is 0 Å². The number of hydrogen-bond donors (Lipinski definition) is 2. The second-order valence-electron chi connectivity index (χ2n) is 13.7. The highest BCUT2D eigenvalue weighted by Gasteiger charge is 2.24. The van der Waals surface area contributed by atoms with Gasteiger partial charge in [0.25, 0.3) is 11.1 Å². The van der Waals surface area contributed by atoms with Crippen molar-refractivity contribution in [3.8, 4) is 0 Å². The zero-order valence-corrected chi connectivity index (χ0v) is 28.4. The molecule has 2 aliphatic rings. The molecule has 2 saturated heterocycles. The Balaban J connectivity index is 0.000000199. The number of nitrogens with zero attached hydrogens (tertiary/aromatic N) is 6. The average molecular weight is 681 g/mol. The van der Waals surface area contributed by atoms with Crippen LogP contribution in [0.15, 0.2) is 58.4 Å². The number of amides is 1. The minimum atomic E-state index is -0.509. The number of aromatic nitrogens is 4. The molecule has 0 aliphatic carbocycles. The number of nitrogens with two attached hydrogens (primary N) is 1. The van der Waals surface area contributed by atoms with Gasteiger partial charge in [0, 0.05) is 75.6 Å². The van der Waals surface area contributed by atoms with Crippen LogP contribution in [0, 0.1) is 11.6 Å². The van der Waals surface area contributed by atoms with Gasteiger partial charge in [-0.1, -0.05) is 0 Å². The number of alkyl carbamates (subject to hydrolysis) is 1. The normalized spacial score (nSPS) is 16.8. The lowest BCUT2D eigenvalue weighted by Crippen LogP contribution is -2.46. The number of pyridine rings is 4. The topological polar surface area (TPSA) is 141 Å². The maximum atomic E-state index is 13.6. The maximum Gasteiger partial charge on any atom is 0.407 e. The molecule has 0 radical (unpaired) electrons. The van der Waals surface area contributed by atoms with E-state index in [0.29, 0.717) is 47.7 Å². The molecule has 0 bridgehead atoms. The number of nitrogens with one attached hydrogen (secondary N) is 1. The molecule has 1 amide bonds. The van der Waals surface area contributed by atoms with Crippen molar-refractivity contribution in [2.45, 2.75) is 77.2 Å². The van der Waals surface area contributed by atoms with E-state index in [1.807, 2.05) is 20.8 Å². The Morgan fingerprint density at radius 3 is 1.69 bits per heavy atom. The fraction of sp³-hybridized carbons (Fsp3) is 0.514. The lowest BCUT2D eigenvalue weighted by atomic mass is 10.1. The van der Waals surface area contributed by atoms with E-state index >= 15 is 0 Å². The van der Waals surface area contributed by atoms with E-state index in [-0.39, 0.29) is 23.3 Å². The lowest BCUT2D eigenvalue weighted by Gasteiger charge is -2.33. The van der Waals surface area contributed by atoms with E-state index in [4.69, 9.17) is 10.5 Å². The van der Waals surface area contributed by atoms with Crippen molar-refractivity contribution in [2.24, 2.45) is 5.73 Å². The molecule has 6 heterocycles. The summed E-state index contributed by atoms with van der Waals surface area (Å²) in [7, 11) is 0. The molecule has 12 nitrogen and oxygen atoms in total. The van der Waals surface area contributed by atoms with Gasteiger partial charge in [0.15, 0.2) is 0 Å². The molecular formula is C35H46F2N8O4. The maximum absolute atomic E-state index is 13.6. The minimum absolute atomic E-state index is 0.0877. The van der Waals surface area contributed by atoms with Crippen LogP contribution in [0.1, 0.15) is 46.5 Å². The van der Waals surface area contributed by atoms with Crippen LogP contribution in [-0.2, 0) is 17.8 Å². The smallest absolute Gasteiger partial charge is 0.407 e. The number of fused-ring (bicyclic) bond motifs is 2. The minimum Gasteiger partial charge on any atom is -0.444 e. The molecule has 0 saturated carbocycles. The third kappa shape index (κ3) is 10.1. The molecule has 264 valence electrons. The van der Waals surface area contributed by atoms with Gasteiger partial charge in [-0.05, 0) is 71.7 Å². The molecule has 2 fully saturated rings. The highest BCUT2D eigenvalue weighted by molar-refractivity contribution is 5.74. The van der Waals surface area contributed by atoms with E-state index in [1.165, 1.54) is 30.5 Å². The van der Waals surface area contributed by atoms with Crippen LogP contribution >= 0.6 is 0 Å². The number of ether oxygens (including phenoxy) is 1. The zero-order valence-electron chi connectivity index (χ0n) is 28.4. The van der Waals surface area contributed by atoms with Crippen LogP contribution in [0.3, 0.4) is 0 Å². The third-order valence-corrected chi connectivity index (χ3v) is 8.83. The Morgan fingerprint density at radius 2 is 1.24 bits per heavy atom. The largest absolute Gasteiger partial charge is 0.444 e. The average Bonchev–Trinajstić information content (AvgIpc) is 3.05. The van der Waals surface area contributed by atoms with Crippen LogP contribution < -0.4 is 22.2 Å². The first-order chi connectivity index (χ1) is 23.3. The van der Waals surface area contributed by atoms with Gasteiger partial charge in [-0.15, -0.1) is 0 Å². The summed E-state index contributed by atoms with van der Waals surface area (Å²) in [6, 6.07) is 9.29. The number of piperidine rings is 2. The Morgan fingerprint density at radius 1 is 0.796 bits per heavy atom. The highest BCUT2D eigenvalue weighted by Crippen LogP contribution is 2.15. The SMILES string of the molecule is CC(C)(C)OC(=O)NC1CCN(CCn2c(=O)ccc3ncc(F)cc32)CC1.NC1CCN(CCn2c(=O)ccc3ncc(F)cc32)CC1. The summed E-state index contributed by atoms with van der Waals surface area (Å²) < 4.78 is 35.4. The van der Waals surface area contributed by atoms with Gasteiger partial charge >= 0.3 is 6.09 Å². The standard InChI is InChI=1S/C20H27FN4O3.C15H19FN4O/c1-20(2,3)28-19(27)23-15-6-8-24(9-7-15)10-11-25-17-12-14(21)13-22-16(17)4-5-18(25)26;16-11-9-14-13(18-10-11)1-2-15(21)20(14)8-7-19-5-3-12(17)4-6-19/h4-5,12-13,15H,6-11H2,1-3H3,(H,23,27);1-2,9-10,12H,3-8,17H2. The van der Waals surface area contributed by atoms with Crippen molar-refractivity contribution in [2.75, 3.05) is 39.3 Å². The summed E-state index contributed by atoms with van der Waals surface area (Å²) in [5, 5.41) is 2.92. The van der Waals surface area contributed by atoms with Crippen molar-refractivity contribution >= 4 is 28.2 Å². The molecule has 0 aromatic carbocycles. The summed E-state index contributed by atoms with van der Waals surface area (Å²) >= 11 is 0. The molecule has 0 unspecified atom stereocenters. The molecule has 4 aromatic rings. The molecule has 0 atom stereocenters. The first-order valence-electron chi connectivity index (χ1n) is 16.8. The number of rotatable bonds is 7. The van der Waals surface area contributed by atoms with Gasteiger partial charge in [0.05, 0.1) is 34.5 Å². The molecular weight excluding hydrogens is 634 g/mol. The van der Waals surface area contributed by atoms with Crippen molar-refractivity contribution in [1.29, 1.82) is 0 Å². The summed E-state index contributed by atoms with van der Waals surface area (Å²) in [6.45, 7) is 11.5. The Kier molecular flexibility index (Phi) is 11.7. The Hall–Kier alpha value is -4.27. The molecule has 14 heteroatoms. The van der Waals surface area contributed by atoms with E-state index in [2.05, 4.69) is 25.1 Å². The number of hydrogen-bond acceptors (Lipinski definition) is 9. The number of likely N-dealkylation sites (tertiary alicyclic amines) is 2. The van der Waals surface area contributed by atoms with Crippen LogP contribution in [0.25, 0.3) is 22.1 Å². The van der Waals surface area contributed by atoms with Crippen LogP contribution in [-0.4, -0.2) is 91.9 Å². The fourth-order valence-electron chi connectivity index (χ4n) is 6.18. The molecule has 0 spiro atoms. The number of carbonyl (C=O) groups is 1. The van der Waals surface area contributed by atoms with E-state index < -0.39 is 17.2 Å². The van der Waals surface area contributed by atoms with Gasteiger partial charge in [-0.2, -0.15) is 0 Å². The molecule has 6 rings (SSSR count). The first kappa shape index (κ1) is 36.0. The van der Waals surface area contributed by atoms with Gasteiger partial charge in [0.2, 0.25) is 0 Å². The summed E-state index contributed by atoms with van der Waals surface area (Å²) in [6.07, 6.45) is 5.55. The molecule has 2 aliphatic heterocycles. The van der Waals surface area contributed by atoms with Gasteiger partial charge < -0.3 is 34.7 Å². The van der Waals surface area contributed by atoms with Crippen molar-refractivity contribution < 1.29 is 18.3 Å². The van der Waals surface area contributed by atoms with Crippen molar-refractivity contribution in [1.82, 2.24) is 34.2 Å². The monoisotopic (exact) mass is 680 g/mol. The predicted octanol–water partition coefficient (Wildman–Crippen LogP) is 3.48. The fourth-order valence-corrected chi connectivity index (χ4v) is 6.18. The molecule has 49 heavy (non-hydrogen) atoms. The predicted molar refractivity (Wildman–Crippen MR) is 184 cm³/mol. The molecule has 4 aromatic heterocycles. The summed E-state index contributed by atoms with van der Waals surface area (Å²) in [5.74, 6) is -0.883. The van der Waals surface area contributed by atoms with E-state index in [0.717, 1.165) is 64.6 Å². The van der Waals surface area contributed by atoms with Gasteiger partial charge in [0.1, 0.15) is 17.2 Å². The quantitative estimate of drug-likeness (QED) is 0.300. The first-order valence-corrected chi connectivity index (χ1v) is 16.8. The third-order valence-electron chi connectivity index (χ3n) is 8.83. The van der Waals surface area contributed by atoms with Crippen molar-refractivity contribution in [3.63, 3.8) is 0 Å². The van der Waals surface area contributed by atoms with E-state index in [1.54, 1.807) is 21.3 Å². The van der Waals surface area contributed by atoms with Gasteiger partial charge in [-0.3, -0.25) is 19.6 Å². The Labute approximate surface area is 283 Å².